The third-order valence-corrected chi connectivity index (χ3v) is 5.40. The molecule has 0 atom stereocenters. The van der Waals surface area contributed by atoms with Gasteiger partial charge in [-0.05, 0) is 45.4 Å². The molecule has 2 heterocycles. The fraction of sp³-hybridized carbons (Fsp3) is 0.250. The molecule has 2 aromatic heterocycles. The van der Waals surface area contributed by atoms with E-state index >= 15 is 0 Å². The van der Waals surface area contributed by atoms with Gasteiger partial charge in [0.15, 0.2) is 5.82 Å². The Kier molecular flexibility index (Phi) is 5.66. The smallest absolute Gasteiger partial charge is 0.259 e. The van der Waals surface area contributed by atoms with Crippen molar-refractivity contribution in [1.29, 1.82) is 0 Å². The first-order valence-corrected chi connectivity index (χ1v) is 10.4. The minimum absolute atomic E-state index is 0.167. The average Bonchev–Trinajstić information content (AvgIpc) is 3.34. The maximum Gasteiger partial charge on any atom is 0.259 e. The summed E-state index contributed by atoms with van der Waals surface area (Å²) in [4.78, 5) is 13.1. The molecule has 1 N–H and O–H groups in total. The van der Waals surface area contributed by atoms with E-state index in [0.29, 0.717) is 23.5 Å². The van der Waals surface area contributed by atoms with Crippen LogP contribution in [0.1, 0.15) is 39.8 Å². The van der Waals surface area contributed by atoms with Crippen LogP contribution in [0.2, 0.25) is 0 Å². The second kappa shape index (κ2) is 8.55. The molecule has 0 unspecified atom stereocenters. The molecule has 0 aliphatic rings. The molecule has 158 valence electrons. The summed E-state index contributed by atoms with van der Waals surface area (Å²) < 4.78 is 3.85. The predicted octanol–water partition coefficient (Wildman–Crippen LogP) is 4.39. The molecule has 2 aromatic carbocycles. The zero-order valence-corrected chi connectivity index (χ0v) is 18.3. The summed E-state index contributed by atoms with van der Waals surface area (Å²) in [6.45, 7) is 9.31. The van der Waals surface area contributed by atoms with Crippen LogP contribution in [0.3, 0.4) is 0 Å². The molecule has 31 heavy (non-hydrogen) atoms. The molecule has 0 aliphatic heterocycles. The molecule has 0 saturated carbocycles. The Morgan fingerprint density at radius 2 is 1.84 bits per heavy atom. The van der Waals surface area contributed by atoms with Crippen LogP contribution in [0.25, 0.3) is 11.4 Å². The van der Waals surface area contributed by atoms with Gasteiger partial charge in [0, 0.05) is 23.5 Å². The fourth-order valence-corrected chi connectivity index (χ4v) is 3.69. The van der Waals surface area contributed by atoms with Gasteiger partial charge >= 0.3 is 0 Å². The minimum atomic E-state index is -0.167. The summed E-state index contributed by atoms with van der Waals surface area (Å²) in [7, 11) is 0. The van der Waals surface area contributed by atoms with Crippen molar-refractivity contribution in [3.05, 3.63) is 82.9 Å². The van der Waals surface area contributed by atoms with E-state index in [-0.39, 0.29) is 5.91 Å². The number of amides is 1. The quantitative estimate of drug-likeness (QED) is 0.508. The maximum absolute atomic E-state index is 13.1. The molecular weight excluding hydrogens is 388 g/mol. The van der Waals surface area contributed by atoms with Crippen LogP contribution in [-0.2, 0) is 13.1 Å². The second-order valence-corrected chi connectivity index (χ2v) is 7.66. The SMILES string of the molecule is CCn1cnnc1-c1cccc(NC(=O)c2c(C)nn(Cc3ccc(C)cc3)c2C)c1. The van der Waals surface area contributed by atoms with E-state index in [1.807, 2.05) is 54.3 Å². The number of benzene rings is 2. The normalized spacial score (nSPS) is 11.0. The number of anilines is 1. The van der Waals surface area contributed by atoms with E-state index in [9.17, 15) is 4.79 Å². The average molecular weight is 415 g/mol. The van der Waals surface area contributed by atoms with Crippen LogP contribution >= 0.6 is 0 Å². The third kappa shape index (κ3) is 4.26. The van der Waals surface area contributed by atoms with Crippen molar-refractivity contribution >= 4 is 11.6 Å². The number of aryl methyl sites for hydroxylation is 3. The summed E-state index contributed by atoms with van der Waals surface area (Å²) in [6.07, 6.45) is 1.70. The fourth-order valence-electron chi connectivity index (χ4n) is 3.69. The van der Waals surface area contributed by atoms with Crippen LogP contribution in [-0.4, -0.2) is 30.5 Å². The summed E-state index contributed by atoms with van der Waals surface area (Å²) in [6, 6.07) is 16.0. The number of hydrogen-bond acceptors (Lipinski definition) is 4. The van der Waals surface area contributed by atoms with Gasteiger partial charge in [-0.25, -0.2) is 0 Å². The molecule has 0 radical (unpaired) electrons. The molecule has 0 saturated heterocycles. The Balaban J connectivity index is 1.56. The van der Waals surface area contributed by atoms with Gasteiger partial charge in [-0.3, -0.25) is 9.48 Å². The summed E-state index contributed by atoms with van der Waals surface area (Å²) in [5.41, 5.74) is 6.14. The molecule has 4 rings (SSSR count). The van der Waals surface area contributed by atoms with Crippen LogP contribution < -0.4 is 5.32 Å². The number of rotatable bonds is 6. The van der Waals surface area contributed by atoms with Gasteiger partial charge in [0.25, 0.3) is 5.91 Å². The number of nitrogens with one attached hydrogen (secondary N) is 1. The van der Waals surface area contributed by atoms with E-state index in [1.165, 1.54) is 5.56 Å². The molecule has 4 aromatic rings. The van der Waals surface area contributed by atoms with Gasteiger partial charge in [-0.1, -0.05) is 42.0 Å². The lowest BCUT2D eigenvalue weighted by molar-refractivity contribution is 0.102. The van der Waals surface area contributed by atoms with Gasteiger partial charge in [0.05, 0.1) is 17.8 Å². The Hall–Kier alpha value is -3.74. The van der Waals surface area contributed by atoms with Crippen LogP contribution in [0.5, 0.6) is 0 Å². The highest BCUT2D eigenvalue weighted by atomic mass is 16.1. The second-order valence-electron chi connectivity index (χ2n) is 7.66. The highest BCUT2D eigenvalue weighted by Crippen LogP contribution is 2.22. The lowest BCUT2D eigenvalue weighted by Crippen LogP contribution is -2.14. The number of nitrogens with zero attached hydrogens (tertiary/aromatic N) is 5. The van der Waals surface area contributed by atoms with E-state index in [1.54, 1.807) is 6.33 Å². The zero-order valence-electron chi connectivity index (χ0n) is 18.3. The summed E-state index contributed by atoms with van der Waals surface area (Å²) in [5.74, 6) is 0.608. The molecule has 1 amide bonds. The number of hydrogen-bond donors (Lipinski definition) is 1. The summed E-state index contributed by atoms with van der Waals surface area (Å²) >= 11 is 0. The number of aromatic nitrogens is 5. The molecule has 0 spiro atoms. The van der Waals surface area contributed by atoms with Crippen molar-refractivity contribution in [3.8, 4) is 11.4 Å². The minimum Gasteiger partial charge on any atom is -0.322 e. The van der Waals surface area contributed by atoms with Crippen molar-refractivity contribution < 1.29 is 4.79 Å². The lowest BCUT2D eigenvalue weighted by atomic mass is 10.1. The predicted molar refractivity (Wildman–Crippen MR) is 121 cm³/mol. The lowest BCUT2D eigenvalue weighted by Gasteiger charge is -2.09. The first-order valence-electron chi connectivity index (χ1n) is 10.4. The van der Waals surface area contributed by atoms with E-state index in [4.69, 9.17) is 0 Å². The van der Waals surface area contributed by atoms with Crippen molar-refractivity contribution in [3.63, 3.8) is 0 Å². The molecule has 7 nitrogen and oxygen atoms in total. The standard InChI is InChI=1S/C24H26N6O/c1-5-29-15-25-27-23(29)20-7-6-8-21(13-20)26-24(31)22-17(3)28-30(18(22)4)14-19-11-9-16(2)10-12-19/h6-13,15H,5,14H2,1-4H3,(H,26,31). The Morgan fingerprint density at radius 3 is 2.58 bits per heavy atom. The molecule has 0 aliphatic carbocycles. The molecular formula is C24H26N6O. The zero-order chi connectivity index (χ0) is 22.0. The van der Waals surface area contributed by atoms with E-state index in [0.717, 1.165) is 29.2 Å². The van der Waals surface area contributed by atoms with Crippen LogP contribution in [0.15, 0.2) is 54.9 Å². The third-order valence-electron chi connectivity index (χ3n) is 5.40. The monoisotopic (exact) mass is 414 g/mol. The van der Waals surface area contributed by atoms with Crippen molar-refractivity contribution in [2.24, 2.45) is 0 Å². The van der Waals surface area contributed by atoms with Gasteiger partial charge in [-0.15, -0.1) is 10.2 Å². The Labute approximate surface area is 181 Å². The Bertz CT molecular complexity index is 1220. The highest BCUT2D eigenvalue weighted by Gasteiger charge is 2.19. The molecule has 0 fully saturated rings. The largest absolute Gasteiger partial charge is 0.322 e. The van der Waals surface area contributed by atoms with Crippen LogP contribution in [0.4, 0.5) is 5.69 Å². The van der Waals surface area contributed by atoms with Gasteiger partial charge in [-0.2, -0.15) is 5.10 Å². The van der Waals surface area contributed by atoms with Gasteiger partial charge in [0.1, 0.15) is 6.33 Å². The molecule has 7 heteroatoms. The number of carbonyl (C=O) groups excluding carboxylic acids is 1. The first kappa shape index (κ1) is 20.5. The Morgan fingerprint density at radius 1 is 1.06 bits per heavy atom. The van der Waals surface area contributed by atoms with E-state index < -0.39 is 0 Å². The van der Waals surface area contributed by atoms with Crippen molar-refractivity contribution in [1.82, 2.24) is 24.5 Å². The van der Waals surface area contributed by atoms with E-state index in [2.05, 4.69) is 51.8 Å². The summed E-state index contributed by atoms with van der Waals surface area (Å²) in [5, 5.41) is 15.8. The van der Waals surface area contributed by atoms with Gasteiger partial charge in [0.2, 0.25) is 0 Å². The number of carbonyl (C=O) groups is 1. The molecule has 0 bridgehead atoms. The van der Waals surface area contributed by atoms with Crippen molar-refractivity contribution in [2.75, 3.05) is 5.32 Å². The first-order chi connectivity index (χ1) is 15.0. The van der Waals surface area contributed by atoms with Crippen LogP contribution in [0, 0.1) is 20.8 Å². The highest BCUT2D eigenvalue weighted by molar-refractivity contribution is 6.06. The van der Waals surface area contributed by atoms with Crippen molar-refractivity contribution in [2.45, 2.75) is 40.8 Å². The topological polar surface area (TPSA) is 77.6 Å². The van der Waals surface area contributed by atoms with Gasteiger partial charge < -0.3 is 9.88 Å². The maximum atomic E-state index is 13.1.